The third-order valence-corrected chi connectivity index (χ3v) is 4.06. The lowest BCUT2D eigenvalue weighted by atomic mass is 10.2. The molecule has 0 bridgehead atoms. The molecule has 1 aromatic rings. The van der Waals surface area contributed by atoms with Crippen molar-refractivity contribution in [1.29, 1.82) is 0 Å². The third kappa shape index (κ3) is 5.73. The van der Waals surface area contributed by atoms with Crippen molar-refractivity contribution in [3.63, 3.8) is 0 Å². The molecule has 0 atom stereocenters. The van der Waals surface area contributed by atoms with Gasteiger partial charge in [-0.3, -0.25) is 14.5 Å². The molecule has 0 unspecified atom stereocenters. The number of aromatic hydroxyl groups is 1. The second kappa shape index (κ2) is 9.12. The van der Waals surface area contributed by atoms with Gasteiger partial charge in [-0.25, -0.2) is 0 Å². The summed E-state index contributed by atoms with van der Waals surface area (Å²) < 4.78 is 4.55. The Kier molecular flexibility index (Phi) is 6.87. The average molecular weight is 335 g/mol. The van der Waals surface area contributed by atoms with Crippen LogP contribution in [0, 0.1) is 0 Å². The van der Waals surface area contributed by atoms with Gasteiger partial charge in [-0.2, -0.15) is 0 Å². The first kappa shape index (κ1) is 18.1. The number of nitrogens with one attached hydrogen (secondary N) is 1. The number of ether oxygens (including phenoxy) is 1. The third-order valence-electron chi connectivity index (χ3n) is 4.06. The SMILES string of the molecule is COC(=O)CCCNC(=O)CN1CCN(c2ccc(O)cc2)CC1. The number of esters is 1. The van der Waals surface area contributed by atoms with Crippen LogP contribution in [0.15, 0.2) is 24.3 Å². The van der Waals surface area contributed by atoms with Crippen LogP contribution in [0.1, 0.15) is 12.8 Å². The molecule has 2 N–H and O–H groups in total. The van der Waals surface area contributed by atoms with Gasteiger partial charge in [-0.1, -0.05) is 0 Å². The summed E-state index contributed by atoms with van der Waals surface area (Å²) in [5.74, 6) is -0.00573. The zero-order valence-electron chi connectivity index (χ0n) is 14.0. The van der Waals surface area contributed by atoms with Crippen LogP contribution < -0.4 is 10.2 Å². The molecule has 0 saturated carbocycles. The first-order valence-corrected chi connectivity index (χ1v) is 8.18. The van der Waals surface area contributed by atoms with E-state index in [4.69, 9.17) is 0 Å². The van der Waals surface area contributed by atoms with Crippen LogP contribution in [-0.2, 0) is 14.3 Å². The Hall–Kier alpha value is -2.28. The molecular weight excluding hydrogens is 310 g/mol. The maximum atomic E-state index is 11.9. The van der Waals surface area contributed by atoms with E-state index in [1.165, 1.54) is 7.11 Å². The second-order valence-corrected chi connectivity index (χ2v) is 5.81. The summed E-state index contributed by atoms with van der Waals surface area (Å²) in [7, 11) is 1.36. The summed E-state index contributed by atoms with van der Waals surface area (Å²) in [4.78, 5) is 27.2. The van der Waals surface area contributed by atoms with Crippen LogP contribution in [0.4, 0.5) is 5.69 Å². The normalized spacial score (nSPS) is 15.1. The van der Waals surface area contributed by atoms with Crippen LogP contribution in [0.5, 0.6) is 5.75 Å². The maximum absolute atomic E-state index is 11.9. The molecule has 1 fully saturated rings. The van der Waals surface area contributed by atoms with E-state index in [1.54, 1.807) is 12.1 Å². The number of amides is 1. The highest BCUT2D eigenvalue weighted by Gasteiger charge is 2.19. The van der Waals surface area contributed by atoms with Crippen LogP contribution in [-0.4, -0.2) is 68.3 Å². The molecule has 1 aliphatic rings. The fourth-order valence-electron chi connectivity index (χ4n) is 2.65. The van der Waals surface area contributed by atoms with Gasteiger partial charge in [-0.05, 0) is 30.7 Å². The Morgan fingerprint density at radius 1 is 1.17 bits per heavy atom. The zero-order chi connectivity index (χ0) is 17.4. The molecule has 0 aromatic heterocycles. The molecule has 0 radical (unpaired) electrons. The van der Waals surface area contributed by atoms with Crippen molar-refractivity contribution in [3.8, 4) is 5.75 Å². The van der Waals surface area contributed by atoms with Crippen molar-refractivity contribution in [1.82, 2.24) is 10.2 Å². The molecule has 132 valence electrons. The summed E-state index contributed by atoms with van der Waals surface area (Å²) in [5, 5.41) is 12.2. The fraction of sp³-hybridized carbons (Fsp3) is 0.529. The molecule has 0 aliphatic carbocycles. The van der Waals surface area contributed by atoms with Gasteiger partial charge in [-0.15, -0.1) is 0 Å². The predicted molar refractivity (Wildman–Crippen MR) is 91.0 cm³/mol. The van der Waals surface area contributed by atoms with E-state index in [0.717, 1.165) is 31.9 Å². The summed E-state index contributed by atoms with van der Waals surface area (Å²) >= 11 is 0. The van der Waals surface area contributed by atoms with E-state index in [9.17, 15) is 14.7 Å². The molecule has 1 aromatic carbocycles. The van der Waals surface area contributed by atoms with Crippen molar-refractivity contribution in [3.05, 3.63) is 24.3 Å². The summed E-state index contributed by atoms with van der Waals surface area (Å²) in [6.07, 6.45) is 0.912. The van der Waals surface area contributed by atoms with E-state index >= 15 is 0 Å². The Bertz CT molecular complexity index is 539. The fourth-order valence-corrected chi connectivity index (χ4v) is 2.65. The van der Waals surface area contributed by atoms with E-state index in [-0.39, 0.29) is 17.6 Å². The lowest BCUT2D eigenvalue weighted by molar-refractivity contribution is -0.140. The van der Waals surface area contributed by atoms with Crippen LogP contribution in [0.2, 0.25) is 0 Å². The summed E-state index contributed by atoms with van der Waals surface area (Å²) in [6.45, 7) is 4.19. The standard InChI is InChI=1S/C17H25N3O4/c1-24-17(23)3-2-8-18-16(22)13-19-9-11-20(12-10-19)14-4-6-15(21)7-5-14/h4-7,21H,2-3,8-13H2,1H3,(H,18,22). The highest BCUT2D eigenvalue weighted by Crippen LogP contribution is 2.19. The smallest absolute Gasteiger partial charge is 0.305 e. The Morgan fingerprint density at radius 2 is 1.83 bits per heavy atom. The number of hydrogen-bond donors (Lipinski definition) is 2. The zero-order valence-corrected chi connectivity index (χ0v) is 14.0. The maximum Gasteiger partial charge on any atom is 0.305 e. The number of benzene rings is 1. The van der Waals surface area contributed by atoms with Crippen molar-refractivity contribution < 1.29 is 19.4 Å². The van der Waals surface area contributed by atoms with Gasteiger partial charge < -0.3 is 20.1 Å². The number of carbonyl (C=O) groups excluding carboxylic acids is 2. The molecular formula is C17H25N3O4. The first-order chi connectivity index (χ1) is 11.6. The number of nitrogens with zero attached hydrogens (tertiary/aromatic N) is 2. The van der Waals surface area contributed by atoms with Gasteiger partial charge in [0.15, 0.2) is 0 Å². The second-order valence-electron chi connectivity index (χ2n) is 5.81. The summed E-state index contributed by atoms with van der Waals surface area (Å²) in [5.41, 5.74) is 1.08. The number of phenols is 1. The van der Waals surface area contributed by atoms with Gasteiger partial charge in [0.1, 0.15) is 5.75 Å². The first-order valence-electron chi connectivity index (χ1n) is 8.18. The van der Waals surface area contributed by atoms with Crippen LogP contribution >= 0.6 is 0 Å². The van der Waals surface area contributed by atoms with E-state index < -0.39 is 0 Å². The number of phenolic OH excluding ortho intramolecular Hbond substituents is 1. The highest BCUT2D eigenvalue weighted by atomic mass is 16.5. The minimum atomic E-state index is -0.255. The highest BCUT2D eigenvalue weighted by molar-refractivity contribution is 5.78. The van der Waals surface area contributed by atoms with E-state index in [2.05, 4.69) is 19.9 Å². The van der Waals surface area contributed by atoms with Gasteiger partial charge in [0.25, 0.3) is 0 Å². The van der Waals surface area contributed by atoms with Crippen LogP contribution in [0.3, 0.4) is 0 Å². The molecule has 1 heterocycles. The number of rotatable bonds is 7. The Morgan fingerprint density at radius 3 is 2.46 bits per heavy atom. The molecule has 1 amide bonds. The number of methoxy groups -OCH3 is 1. The van der Waals surface area contributed by atoms with E-state index in [0.29, 0.717) is 25.9 Å². The van der Waals surface area contributed by atoms with Crippen molar-refractivity contribution in [2.45, 2.75) is 12.8 Å². The molecule has 1 saturated heterocycles. The average Bonchev–Trinajstić information content (AvgIpc) is 2.60. The molecule has 2 rings (SSSR count). The number of anilines is 1. The van der Waals surface area contributed by atoms with Gasteiger partial charge in [0.2, 0.25) is 5.91 Å². The number of piperazine rings is 1. The van der Waals surface area contributed by atoms with Crippen molar-refractivity contribution >= 4 is 17.6 Å². The molecule has 1 aliphatic heterocycles. The molecule has 0 spiro atoms. The monoisotopic (exact) mass is 335 g/mol. The van der Waals surface area contributed by atoms with Crippen LogP contribution in [0.25, 0.3) is 0 Å². The van der Waals surface area contributed by atoms with Gasteiger partial charge in [0, 0.05) is 44.8 Å². The van der Waals surface area contributed by atoms with Crippen molar-refractivity contribution in [2.75, 3.05) is 51.3 Å². The number of hydrogen-bond acceptors (Lipinski definition) is 6. The predicted octanol–water partition coefficient (Wildman–Crippen LogP) is 0.584. The molecule has 24 heavy (non-hydrogen) atoms. The van der Waals surface area contributed by atoms with Gasteiger partial charge in [0.05, 0.1) is 13.7 Å². The topological polar surface area (TPSA) is 82.1 Å². The van der Waals surface area contributed by atoms with E-state index in [1.807, 2.05) is 12.1 Å². The summed E-state index contributed by atoms with van der Waals surface area (Å²) in [6, 6.07) is 7.17. The molecule has 7 nitrogen and oxygen atoms in total. The van der Waals surface area contributed by atoms with Crippen molar-refractivity contribution in [2.24, 2.45) is 0 Å². The number of carbonyl (C=O) groups is 2. The minimum Gasteiger partial charge on any atom is -0.508 e. The Labute approximate surface area is 142 Å². The largest absolute Gasteiger partial charge is 0.508 e. The minimum absolute atomic E-state index is 0.0158. The quantitative estimate of drug-likeness (QED) is 0.560. The Balaban J connectivity index is 1.64. The van der Waals surface area contributed by atoms with Gasteiger partial charge >= 0.3 is 5.97 Å². The lowest BCUT2D eigenvalue weighted by Crippen LogP contribution is -2.49. The lowest BCUT2D eigenvalue weighted by Gasteiger charge is -2.35. The molecule has 7 heteroatoms.